The lowest BCUT2D eigenvalue weighted by atomic mass is 9.92. The third kappa shape index (κ3) is 3.97. The number of aryl methyl sites for hydroxylation is 2. The molecule has 1 fully saturated rings. The Morgan fingerprint density at radius 3 is 2.40 bits per heavy atom. The Hall–Kier alpha value is -1.55. The van der Waals surface area contributed by atoms with Crippen LogP contribution in [0.1, 0.15) is 36.8 Å². The first-order valence-electron chi connectivity index (χ1n) is 7.41. The highest BCUT2D eigenvalue weighted by Crippen LogP contribution is 2.19. The highest BCUT2D eigenvalue weighted by molar-refractivity contribution is 5.81. The van der Waals surface area contributed by atoms with E-state index in [2.05, 4.69) is 36.6 Å². The van der Waals surface area contributed by atoms with Crippen LogP contribution in [0.3, 0.4) is 0 Å². The molecule has 0 aromatic heterocycles. The lowest BCUT2D eigenvalue weighted by Crippen LogP contribution is -2.42. The molecule has 1 aromatic carbocycles. The summed E-state index contributed by atoms with van der Waals surface area (Å²) < 4.78 is 0. The number of nitrogens with one attached hydrogen (secondary N) is 2. The number of para-hydroxylation sites is 1. The zero-order chi connectivity index (χ0) is 14.5. The van der Waals surface area contributed by atoms with Crippen molar-refractivity contribution in [2.45, 2.75) is 51.6 Å². The van der Waals surface area contributed by atoms with Crippen LogP contribution in [-0.2, 0) is 4.79 Å². The van der Waals surface area contributed by atoms with Crippen LogP contribution in [0.5, 0.6) is 0 Å². The molecule has 1 aliphatic rings. The predicted molar refractivity (Wildman–Crippen MR) is 82.8 cm³/mol. The zero-order valence-corrected chi connectivity index (χ0v) is 12.4. The molecule has 1 amide bonds. The fourth-order valence-electron chi connectivity index (χ4n) is 2.80. The second-order valence-corrected chi connectivity index (χ2v) is 5.80. The Balaban J connectivity index is 1.80. The molecule has 110 valence electrons. The summed E-state index contributed by atoms with van der Waals surface area (Å²) >= 11 is 0. The van der Waals surface area contributed by atoms with E-state index in [4.69, 9.17) is 5.73 Å². The van der Waals surface area contributed by atoms with Gasteiger partial charge in [-0.1, -0.05) is 18.2 Å². The van der Waals surface area contributed by atoms with Gasteiger partial charge in [-0.05, 0) is 50.7 Å². The SMILES string of the molecule is Cc1cccc(C)c1NCC(=O)NC1CCC(N)CC1. The van der Waals surface area contributed by atoms with E-state index >= 15 is 0 Å². The van der Waals surface area contributed by atoms with Crippen LogP contribution >= 0.6 is 0 Å². The number of carbonyl (C=O) groups excluding carboxylic acids is 1. The van der Waals surface area contributed by atoms with Crippen LogP contribution in [0.4, 0.5) is 5.69 Å². The third-order valence-electron chi connectivity index (χ3n) is 4.04. The Kier molecular flexibility index (Phi) is 5.01. The van der Waals surface area contributed by atoms with Gasteiger partial charge in [0.15, 0.2) is 0 Å². The van der Waals surface area contributed by atoms with E-state index in [9.17, 15) is 4.79 Å². The second-order valence-electron chi connectivity index (χ2n) is 5.80. The van der Waals surface area contributed by atoms with Crippen LogP contribution in [0.15, 0.2) is 18.2 Å². The fraction of sp³-hybridized carbons (Fsp3) is 0.562. The molecule has 0 aliphatic heterocycles. The molecule has 1 aromatic rings. The van der Waals surface area contributed by atoms with Crippen LogP contribution < -0.4 is 16.4 Å². The molecule has 1 aliphatic carbocycles. The van der Waals surface area contributed by atoms with Gasteiger partial charge in [-0.25, -0.2) is 0 Å². The Labute approximate surface area is 121 Å². The van der Waals surface area contributed by atoms with E-state index < -0.39 is 0 Å². The lowest BCUT2D eigenvalue weighted by molar-refractivity contribution is -0.120. The van der Waals surface area contributed by atoms with Gasteiger partial charge in [-0.15, -0.1) is 0 Å². The first kappa shape index (κ1) is 14.9. The summed E-state index contributed by atoms with van der Waals surface area (Å²) in [4.78, 5) is 12.0. The number of anilines is 1. The van der Waals surface area contributed by atoms with E-state index in [1.165, 1.54) is 11.1 Å². The van der Waals surface area contributed by atoms with Crippen LogP contribution in [0.2, 0.25) is 0 Å². The first-order valence-corrected chi connectivity index (χ1v) is 7.41. The third-order valence-corrected chi connectivity index (χ3v) is 4.04. The summed E-state index contributed by atoms with van der Waals surface area (Å²) in [5.74, 6) is 0.0631. The zero-order valence-electron chi connectivity index (χ0n) is 12.4. The standard InChI is InChI=1S/C16H25N3O/c1-11-4-3-5-12(2)16(11)18-10-15(20)19-14-8-6-13(17)7-9-14/h3-5,13-14,18H,6-10,17H2,1-2H3,(H,19,20). The molecular weight excluding hydrogens is 250 g/mol. The van der Waals surface area contributed by atoms with E-state index in [0.29, 0.717) is 18.6 Å². The second kappa shape index (κ2) is 6.75. The van der Waals surface area contributed by atoms with Crippen molar-refractivity contribution in [3.8, 4) is 0 Å². The van der Waals surface area contributed by atoms with Gasteiger partial charge in [0.1, 0.15) is 0 Å². The van der Waals surface area contributed by atoms with Crippen molar-refractivity contribution in [1.29, 1.82) is 0 Å². The summed E-state index contributed by atoms with van der Waals surface area (Å²) in [6, 6.07) is 6.74. The minimum Gasteiger partial charge on any atom is -0.376 e. The van der Waals surface area contributed by atoms with Crippen molar-refractivity contribution >= 4 is 11.6 Å². The molecule has 0 bridgehead atoms. The van der Waals surface area contributed by atoms with Gasteiger partial charge in [0.2, 0.25) is 5.91 Å². The number of carbonyl (C=O) groups is 1. The topological polar surface area (TPSA) is 67.2 Å². The van der Waals surface area contributed by atoms with Crippen LogP contribution in [0.25, 0.3) is 0 Å². The van der Waals surface area contributed by atoms with E-state index in [0.717, 1.165) is 31.4 Å². The van der Waals surface area contributed by atoms with Crippen LogP contribution in [-0.4, -0.2) is 24.5 Å². The van der Waals surface area contributed by atoms with Crippen molar-refractivity contribution in [3.63, 3.8) is 0 Å². The average molecular weight is 275 g/mol. The minimum absolute atomic E-state index is 0.0631. The fourth-order valence-corrected chi connectivity index (χ4v) is 2.80. The van der Waals surface area contributed by atoms with Gasteiger partial charge in [0.05, 0.1) is 6.54 Å². The molecule has 0 heterocycles. The predicted octanol–water partition coefficient (Wildman–Crippen LogP) is 2.10. The van der Waals surface area contributed by atoms with Crippen molar-refractivity contribution in [2.24, 2.45) is 5.73 Å². The van der Waals surface area contributed by atoms with Gasteiger partial charge in [-0.2, -0.15) is 0 Å². The molecule has 4 heteroatoms. The maximum absolute atomic E-state index is 12.0. The van der Waals surface area contributed by atoms with Gasteiger partial charge in [-0.3, -0.25) is 4.79 Å². The molecule has 0 atom stereocenters. The number of rotatable bonds is 4. The number of hydrogen-bond donors (Lipinski definition) is 3. The summed E-state index contributed by atoms with van der Waals surface area (Å²) in [6.45, 7) is 4.43. The largest absolute Gasteiger partial charge is 0.376 e. The molecule has 20 heavy (non-hydrogen) atoms. The molecule has 0 saturated heterocycles. The highest BCUT2D eigenvalue weighted by Gasteiger charge is 2.19. The summed E-state index contributed by atoms with van der Waals surface area (Å²) in [5, 5.41) is 6.33. The van der Waals surface area contributed by atoms with Gasteiger partial charge in [0, 0.05) is 17.8 Å². The number of nitrogens with two attached hydrogens (primary N) is 1. The first-order chi connectivity index (χ1) is 9.56. The normalized spacial score (nSPS) is 22.4. The molecule has 1 saturated carbocycles. The van der Waals surface area contributed by atoms with Gasteiger partial charge < -0.3 is 16.4 Å². The minimum atomic E-state index is 0.0631. The maximum atomic E-state index is 12.0. The van der Waals surface area contributed by atoms with Crippen molar-refractivity contribution in [2.75, 3.05) is 11.9 Å². The van der Waals surface area contributed by atoms with E-state index in [1.54, 1.807) is 0 Å². The average Bonchev–Trinajstić information content (AvgIpc) is 2.41. The monoisotopic (exact) mass is 275 g/mol. The molecule has 4 nitrogen and oxygen atoms in total. The lowest BCUT2D eigenvalue weighted by Gasteiger charge is -2.27. The maximum Gasteiger partial charge on any atom is 0.239 e. The van der Waals surface area contributed by atoms with E-state index in [-0.39, 0.29) is 5.91 Å². The Morgan fingerprint density at radius 1 is 1.20 bits per heavy atom. The molecule has 0 unspecified atom stereocenters. The van der Waals surface area contributed by atoms with Crippen molar-refractivity contribution in [1.82, 2.24) is 5.32 Å². The number of amides is 1. The van der Waals surface area contributed by atoms with Crippen molar-refractivity contribution in [3.05, 3.63) is 29.3 Å². The van der Waals surface area contributed by atoms with Gasteiger partial charge >= 0.3 is 0 Å². The van der Waals surface area contributed by atoms with Crippen LogP contribution in [0, 0.1) is 13.8 Å². The Bertz CT molecular complexity index is 445. The molecule has 2 rings (SSSR count). The number of hydrogen-bond acceptors (Lipinski definition) is 3. The van der Waals surface area contributed by atoms with Crippen molar-refractivity contribution < 1.29 is 4.79 Å². The van der Waals surface area contributed by atoms with Gasteiger partial charge in [0.25, 0.3) is 0 Å². The summed E-state index contributed by atoms with van der Waals surface area (Å²) in [5.41, 5.74) is 9.27. The molecule has 0 spiro atoms. The quantitative estimate of drug-likeness (QED) is 0.788. The summed E-state index contributed by atoms with van der Waals surface area (Å²) in [7, 11) is 0. The Morgan fingerprint density at radius 2 is 1.80 bits per heavy atom. The highest BCUT2D eigenvalue weighted by atomic mass is 16.1. The van der Waals surface area contributed by atoms with E-state index in [1.807, 2.05) is 6.07 Å². The summed E-state index contributed by atoms with van der Waals surface area (Å²) in [6.07, 6.45) is 4.01. The molecule has 0 radical (unpaired) electrons. The smallest absolute Gasteiger partial charge is 0.239 e. The molecule has 4 N–H and O–H groups in total. The number of benzene rings is 1. The molecular formula is C16H25N3O.